The highest BCUT2D eigenvalue weighted by Crippen LogP contribution is 2.14. The highest BCUT2D eigenvalue weighted by molar-refractivity contribution is 6.10. The predicted octanol–water partition coefficient (Wildman–Crippen LogP) is 3.12. The topological polar surface area (TPSA) is 74.8 Å². The van der Waals surface area contributed by atoms with Crippen LogP contribution in [0.1, 0.15) is 22.6 Å². The first-order valence-electron chi connectivity index (χ1n) is 7.00. The van der Waals surface area contributed by atoms with Gasteiger partial charge in [-0.05, 0) is 22.3 Å². The monoisotopic (exact) mass is 292 g/mol. The summed E-state index contributed by atoms with van der Waals surface area (Å²) < 4.78 is 5.17. The minimum atomic E-state index is 0.475. The number of aromatic nitrogens is 2. The van der Waals surface area contributed by atoms with Crippen molar-refractivity contribution < 1.29 is 4.52 Å². The molecule has 2 aromatic carbocycles. The Morgan fingerprint density at radius 1 is 1.09 bits per heavy atom. The van der Waals surface area contributed by atoms with Gasteiger partial charge in [0.2, 0.25) is 5.89 Å². The molecule has 22 heavy (non-hydrogen) atoms. The Balaban J connectivity index is 1.82. The van der Waals surface area contributed by atoms with Crippen LogP contribution in [0, 0.1) is 5.41 Å². The van der Waals surface area contributed by atoms with Crippen molar-refractivity contribution in [3.63, 3.8) is 0 Å². The lowest BCUT2D eigenvalue weighted by Crippen LogP contribution is -2.02. The number of benzene rings is 2. The fourth-order valence-electron chi connectivity index (χ4n) is 2.21. The normalized spacial score (nSPS) is 10.4. The van der Waals surface area contributed by atoms with Crippen molar-refractivity contribution in [1.82, 2.24) is 10.1 Å². The molecule has 0 atom stereocenters. The average molecular weight is 292 g/mol. The van der Waals surface area contributed by atoms with Crippen molar-refractivity contribution in [2.24, 2.45) is 0 Å². The molecule has 0 aliphatic heterocycles. The van der Waals surface area contributed by atoms with Crippen molar-refractivity contribution in [2.45, 2.75) is 6.42 Å². The van der Waals surface area contributed by atoms with Gasteiger partial charge in [0, 0.05) is 12.6 Å². The zero-order valence-corrected chi connectivity index (χ0v) is 12.2. The van der Waals surface area contributed by atoms with E-state index in [4.69, 9.17) is 9.93 Å². The van der Waals surface area contributed by atoms with E-state index in [0.29, 0.717) is 24.0 Å². The molecule has 0 spiro atoms. The molecule has 0 fully saturated rings. The zero-order chi connectivity index (χ0) is 15.4. The van der Waals surface area contributed by atoms with Crippen LogP contribution in [0.25, 0.3) is 0 Å². The van der Waals surface area contributed by atoms with E-state index in [-0.39, 0.29) is 0 Å². The molecule has 3 rings (SSSR count). The largest absolute Gasteiger partial charge is 0.355 e. The Morgan fingerprint density at radius 3 is 2.59 bits per heavy atom. The van der Waals surface area contributed by atoms with Crippen LogP contribution < -0.4 is 5.32 Å². The lowest BCUT2D eigenvalue weighted by molar-refractivity contribution is 0.386. The Bertz CT molecular complexity index is 780. The van der Waals surface area contributed by atoms with Crippen LogP contribution in [0.3, 0.4) is 0 Å². The second-order valence-corrected chi connectivity index (χ2v) is 4.88. The van der Waals surface area contributed by atoms with E-state index in [1.807, 2.05) is 54.6 Å². The molecule has 0 bridgehead atoms. The molecule has 0 aliphatic rings. The summed E-state index contributed by atoms with van der Waals surface area (Å²) >= 11 is 0. The maximum Gasteiger partial charge on any atom is 0.263 e. The molecule has 2 N–H and O–H groups in total. The molecule has 0 aliphatic carbocycles. The highest BCUT2D eigenvalue weighted by atomic mass is 16.5. The molecule has 3 aromatic rings. The molecular formula is C17H16N4O. The predicted molar refractivity (Wildman–Crippen MR) is 85.5 cm³/mol. The van der Waals surface area contributed by atoms with Gasteiger partial charge >= 0.3 is 0 Å². The van der Waals surface area contributed by atoms with Crippen LogP contribution in [0.2, 0.25) is 0 Å². The van der Waals surface area contributed by atoms with Crippen molar-refractivity contribution in [3.05, 3.63) is 77.2 Å². The minimum Gasteiger partial charge on any atom is -0.355 e. The van der Waals surface area contributed by atoms with Crippen LogP contribution in [-0.4, -0.2) is 22.9 Å². The summed E-state index contributed by atoms with van der Waals surface area (Å²) in [6.07, 6.45) is 0.546. The maximum atomic E-state index is 8.32. The third-order valence-corrected chi connectivity index (χ3v) is 3.33. The molecule has 1 aromatic heterocycles. The first kappa shape index (κ1) is 14.0. The number of nitrogens with zero attached hydrogens (tertiary/aromatic N) is 2. The number of anilines is 1. The highest BCUT2D eigenvalue weighted by Gasteiger charge is 2.09. The molecule has 0 amide bonds. The molecule has 0 saturated heterocycles. The van der Waals surface area contributed by atoms with Gasteiger partial charge in [0.25, 0.3) is 5.95 Å². The molecule has 0 unspecified atom stereocenters. The quantitative estimate of drug-likeness (QED) is 0.708. The summed E-state index contributed by atoms with van der Waals surface area (Å²) in [7, 11) is 1.75. The lowest BCUT2D eigenvalue weighted by Gasteiger charge is -2.06. The summed E-state index contributed by atoms with van der Waals surface area (Å²) in [6.45, 7) is 0. The standard InChI is InChI=1S/C17H16N4O/c1-19-17-20-15(22-21-17)11-12-6-5-9-14(10-12)16(18)13-7-3-2-4-8-13/h2-10,18H,11H2,1H3,(H,19,21). The van der Waals surface area contributed by atoms with Gasteiger partial charge < -0.3 is 9.84 Å². The van der Waals surface area contributed by atoms with E-state index in [9.17, 15) is 0 Å². The second kappa shape index (κ2) is 6.22. The molecule has 5 heteroatoms. The third-order valence-electron chi connectivity index (χ3n) is 3.33. The molecular weight excluding hydrogens is 276 g/mol. The molecule has 0 radical (unpaired) electrons. The second-order valence-electron chi connectivity index (χ2n) is 4.88. The average Bonchev–Trinajstić information content (AvgIpc) is 3.03. The Labute approximate surface area is 128 Å². The Kier molecular flexibility index (Phi) is 3.96. The van der Waals surface area contributed by atoms with Gasteiger partial charge in [-0.25, -0.2) is 0 Å². The summed E-state index contributed by atoms with van der Waals surface area (Å²) in [6, 6.07) is 17.5. The van der Waals surface area contributed by atoms with Crippen molar-refractivity contribution in [1.29, 1.82) is 5.41 Å². The number of hydrogen-bond donors (Lipinski definition) is 2. The Morgan fingerprint density at radius 2 is 1.86 bits per heavy atom. The minimum absolute atomic E-state index is 0.475. The van der Waals surface area contributed by atoms with Crippen molar-refractivity contribution in [3.8, 4) is 0 Å². The number of hydrogen-bond acceptors (Lipinski definition) is 5. The fourth-order valence-corrected chi connectivity index (χ4v) is 2.21. The van der Waals surface area contributed by atoms with Gasteiger partial charge in [-0.1, -0.05) is 48.5 Å². The first-order chi connectivity index (χ1) is 10.8. The van der Waals surface area contributed by atoms with E-state index < -0.39 is 0 Å². The summed E-state index contributed by atoms with van der Waals surface area (Å²) in [5.41, 5.74) is 3.31. The van der Waals surface area contributed by atoms with Crippen LogP contribution in [-0.2, 0) is 6.42 Å². The van der Waals surface area contributed by atoms with Crippen LogP contribution in [0.15, 0.2) is 59.1 Å². The molecule has 1 heterocycles. The Hall–Kier alpha value is -2.95. The van der Waals surface area contributed by atoms with Crippen LogP contribution >= 0.6 is 0 Å². The lowest BCUT2D eigenvalue weighted by atomic mass is 10.00. The van der Waals surface area contributed by atoms with Gasteiger partial charge in [-0.15, -0.1) is 0 Å². The smallest absolute Gasteiger partial charge is 0.263 e. The van der Waals surface area contributed by atoms with E-state index in [1.165, 1.54) is 0 Å². The number of rotatable bonds is 5. The summed E-state index contributed by atoms with van der Waals surface area (Å²) in [4.78, 5) is 4.21. The maximum absolute atomic E-state index is 8.32. The van der Waals surface area contributed by atoms with Gasteiger partial charge in [-0.2, -0.15) is 4.98 Å². The van der Waals surface area contributed by atoms with Crippen LogP contribution in [0.5, 0.6) is 0 Å². The first-order valence-corrected chi connectivity index (χ1v) is 7.00. The summed E-state index contributed by atoms with van der Waals surface area (Å²) in [5, 5.41) is 15.0. The van der Waals surface area contributed by atoms with Crippen molar-refractivity contribution in [2.75, 3.05) is 12.4 Å². The van der Waals surface area contributed by atoms with E-state index in [0.717, 1.165) is 16.7 Å². The fraction of sp³-hybridized carbons (Fsp3) is 0.118. The van der Waals surface area contributed by atoms with E-state index >= 15 is 0 Å². The summed E-state index contributed by atoms with van der Waals surface area (Å²) in [5.74, 6) is 1.02. The third kappa shape index (κ3) is 3.03. The van der Waals surface area contributed by atoms with Gasteiger partial charge in [-0.3, -0.25) is 5.41 Å². The van der Waals surface area contributed by atoms with E-state index in [1.54, 1.807) is 7.05 Å². The van der Waals surface area contributed by atoms with E-state index in [2.05, 4.69) is 15.5 Å². The molecule has 0 saturated carbocycles. The molecule has 5 nitrogen and oxygen atoms in total. The van der Waals surface area contributed by atoms with Crippen molar-refractivity contribution >= 4 is 11.7 Å². The van der Waals surface area contributed by atoms with Crippen LogP contribution in [0.4, 0.5) is 5.95 Å². The van der Waals surface area contributed by atoms with Gasteiger partial charge in [0.05, 0.1) is 12.1 Å². The zero-order valence-electron chi connectivity index (χ0n) is 12.2. The SMILES string of the molecule is CNc1noc(Cc2cccc(C(=N)c3ccccc3)c2)n1. The van der Waals surface area contributed by atoms with Gasteiger partial charge in [0.15, 0.2) is 0 Å². The molecule has 110 valence electrons. The number of nitrogens with one attached hydrogen (secondary N) is 2. The van der Waals surface area contributed by atoms with Gasteiger partial charge in [0.1, 0.15) is 0 Å².